The molecule has 0 saturated carbocycles. The molecule has 0 spiro atoms. The summed E-state index contributed by atoms with van der Waals surface area (Å²) in [7, 11) is 1.64. The Morgan fingerprint density at radius 2 is 2.10 bits per heavy atom. The van der Waals surface area contributed by atoms with Gasteiger partial charge in [-0.3, -0.25) is 18.7 Å². The molecule has 0 aliphatic heterocycles. The summed E-state index contributed by atoms with van der Waals surface area (Å²) in [6.07, 6.45) is 1.68. The molecule has 5 aromatic heterocycles. The molecular formula is C19H14N6O3S2. The maximum atomic E-state index is 12.7. The van der Waals surface area contributed by atoms with Crippen LogP contribution in [-0.2, 0) is 18.4 Å². The van der Waals surface area contributed by atoms with Gasteiger partial charge in [-0.05, 0) is 30.5 Å². The van der Waals surface area contributed by atoms with Gasteiger partial charge in [0, 0.05) is 13.2 Å². The number of aromatic nitrogens is 6. The van der Waals surface area contributed by atoms with Crippen molar-refractivity contribution in [2.24, 2.45) is 7.05 Å². The van der Waals surface area contributed by atoms with Gasteiger partial charge in [0.25, 0.3) is 5.56 Å². The highest BCUT2D eigenvalue weighted by atomic mass is 32.1. The lowest BCUT2D eigenvalue weighted by Crippen LogP contribution is -2.19. The van der Waals surface area contributed by atoms with Gasteiger partial charge in [-0.25, -0.2) is 9.78 Å². The monoisotopic (exact) mass is 438 g/mol. The van der Waals surface area contributed by atoms with Gasteiger partial charge < -0.3 is 4.74 Å². The third-order valence-corrected chi connectivity index (χ3v) is 6.65. The molecule has 0 aliphatic rings. The molecule has 0 N–H and O–H groups in total. The molecule has 5 rings (SSSR count). The Hall–Kier alpha value is -3.44. The summed E-state index contributed by atoms with van der Waals surface area (Å²) >= 11 is 2.58. The standard InChI is InChI=1S/C19H14N6O3S2/c1-10-14(30-16(21-10)11-5-3-4-7-20-11)18(27)28-9-13-22-23-19-24(2)17(26)15-12(25(13)19)6-8-29-15/h3-8H,9H2,1-2H3. The largest absolute Gasteiger partial charge is 0.453 e. The number of rotatable bonds is 4. The average Bonchev–Trinajstić information content (AvgIpc) is 3.48. The van der Waals surface area contributed by atoms with Gasteiger partial charge in [-0.15, -0.1) is 32.9 Å². The minimum absolute atomic E-state index is 0.0839. The molecule has 0 aliphatic carbocycles. The van der Waals surface area contributed by atoms with E-state index in [9.17, 15) is 9.59 Å². The van der Waals surface area contributed by atoms with Crippen LogP contribution < -0.4 is 5.56 Å². The first-order chi connectivity index (χ1) is 14.5. The fraction of sp³-hybridized carbons (Fsp3) is 0.158. The number of hydrogen-bond donors (Lipinski definition) is 0. The predicted molar refractivity (Wildman–Crippen MR) is 113 cm³/mol. The van der Waals surface area contributed by atoms with E-state index in [0.29, 0.717) is 43.1 Å². The fourth-order valence-electron chi connectivity index (χ4n) is 3.13. The van der Waals surface area contributed by atoms with Gasteiger partial charge in [0.05, 0.1) is 16.9 Å². The van der Waals surface area contributed by atoms with E-state index in [-0.39, 0.29) is 12.2 Å². The summed E-state index contributed by atoms with van der Waals surface area (Å²) < 4.78 is 9.27. The molecule has 0 radical (unpaired) electrons. The second-order valence-electron chi connectivity index (χ2n) is 6.48. The van der Waals surface area contributed by atoms with Gasteiger partial charge >= 0.3 is 5.97 Å². The molecule has 0 atom stereocenters. The number of carbonyl (C=O) groups excluding carboxylic acids is 1. The highest BCUT2D eigenvalue weighted by molar-refractivity contribution is 7.17. The lowest BCUT2D eigenvalue weighted by molar-refractivity contribution is 0.0466. The Bertz CT molecular complexity index is 1460. The Morgan fingerprint density at radius 3 is 2.90 bits per heavy atom. The van der Waals surface area contributed by atoms with Crippen LogP contribution in [0.2, 0.25) is 0 Å². The summed E-state index contributed by atoms with van der Waals surface area (Å²) in [4.78, 5) is 34.2. The normalized spacial score (nSPS) is 11.4. The number of hydrogen-bond acceptors (Lipinski definition) is 9. The molecule has 150 valence electrons. The first-order valence-electron chi connectivity index (χ1n) is 8.90. The summed E-state index contributed by atoms with van der Waals surface area (Å²) in [6.45, 7) is 1.68. The topological polar surface area (TPSA) is 104 Å². The van der Waals surface area contributed by atoms with Crippen LogP contribution in [0.5, 0.6) is 0 Å². The van der Waals surface area contributed by atoms with E-state index in [1.165, 1.54) is 27.2 Å². The third kappa shape index (κ3) is 2.90. The van der Waals surface area contributed by atoms with E-state index >= 15 is 0 Å². The molecule has 0 unspecified atom stereocenters. The van der Waals surface area contributed by atoms with Crippen LogP contribution in [0.1, 0.15) is 21.2 Å². The highest BCUT2D eigenvalue weighted by Crippen LogP contribution is 2.27. The van der Waals surface area contributed by atoms with Crippen molar-refractivity contribution in [3.05, 3.63) is 62.6 Å². The van der Waals surface area contributed by atoms with Crippen molar-refractivity contribution in [1.82, 2.24) is 29.1 Å². The van der Waals surface area contributed by atoms with Gasteiger partial charge in [0.1, 0.15) is 14.6 Å². The SMILES string of the molecule is Cc1nc(-c2ccccn2)sc1C(=O)OCc1nnc2n(C)c(=O)c3sccc3n12. The van der Waals surface area contributed by atoms with Crippen LogP contribution in [0, 0.1) is 6.92 Å². The van der Waals surface area contributed by atoms with Crippen molar-refractivity contribution in [3.63, 3.8) is 0 Å². The number of carbonyl (C=O) groups is 1. The molecule has 0 fully saturated rings. The highest BCUT2D eigenvalue weighted by Gasteiger charge is 2.20. The van der Waals surface area contributed by atoms with E-state index in [2.05, 4.69) is 20.2 Å². The number of nitrogens with zero attached hydrogens (tertiary/aromatic N) is 6. The Morgan fingerprint density at radius 1 is 1.23 bits per heavy atom. The summed E-state index contributed by atoms with van der Waals surface area (Å²) in [5.41, 5.74) is 1.85. The molecule has 0 amide bonds. The lowest BCUT2D eigenvalue weighted by atomic mass is 10.3. The molecular weight excluding hydrogens is 424 g/mol. The van der Waals surface area contributed by atoms with Crippen molar-refractivity contribution in [2.45, 2.75) is 13.5 Å². The minimum atomic E-state index is -0.490. The number of thiazole rings is 1. The predicted octanol–water partition coefficient (Wildman–Crippen LogP) is 2.83. The second kappa shape index (κ2) is 7.11. The van der Waals surface area contributed by atoms with E-state index in [4.69, 9.17) is 4.74 Å². The number of ether oxygens (including phenoxy) is 1. The maximum absolute atomic E-state index is 12.7. The third-order valence-electron chi connectivity index (χ3n) is 4.60. The zero-order chi connectivity index (χ0) is 20.8. The lowest BCUT2D eigenvalue weighted by Gasteiger charge is -2.05. The quantitative estimate of drug-likeness (QED) is 0.397. The first-order valence-corrected chi connectivity index (χ1v) is 10.6. The molecule has 30 heavy (non-hydrogen) atoms. The number of esters is 1. The zero-order valence-corrected chi connectivity index (χ0v) is 17.5. The van der Waals surface area contributed by atoms with E-state index in [0.717, 1.165) is 0 Å². The molecule has 11 heteroatoms. The summed E-state index contributed by atoms with van der Waals surface area (Å²) in [5.74, 6) is 0.336. The second-order valence-corrected chi connectivity index (χ2v) is 8.39. The van der Waals surface area contributed by atoms with Crippen molar-refractivity contribution in [1.29, 1.82) is 0 Å². The molecule has 0 bridgehead atoms. The van der Waals surface area contributed by atoms with Gasteiger partial charge in [-0.2, -0.15) is 0 Å². The van der Waals surface area contributed by atoms with Crippen LogP contribution in [0.15, 0.2) is 40.6 Å². The Balaban J connectivity index is 1.45. The number of aryl methyl sites for hydroxylation is 2. The van der Waals surface area contributed by atoms with E-state index in [1.54, 1.807) is 24.6 Å². The van der Waals surface area contributed by atoms with Crippen molar-refractivity contribution < 1.29 is 9.53 Å². The van der Waals surface area contributed by atoms with Crippen LogP contribution in [0.4, 0.5) is 0 Å². The number of fused-ring (bicyclic) bond motifs is 3. The molecule has 5 heterocycles. The number of thiophene rings is 1. The van der Waals surface area contributed by atoms with Crippen molar-refractivity contribution in [2.75, 3.05) is 0 Å². The first kappa shape index (κ1) is 18.6. The maximum Gasteiger partial charge on any atom is 0.350 e. The van der Waals surface area contributed by atoms with Crippen LogP contribution in [0.25, 0.3) is 26.7 Å². The summed E-state index contributed by atoms with van der Waals surface area (Å²) in [6, 6.07) is 7.36. The van der Waals surface area contributed by atoms with Gasteiger partial charge in [-0.1, -0.05) is 6.07 Å². The Labute approximate surface area is 177 Å². The minimum Gasteiger partial charge on any atom is -0.453 e. The average molecular weight is 438 g/mol. The van der Waals surface area contributed by atoms with Crippen LogP contribution in [-0.4, -0.2) is 35.1 Å². The fourth-order valence-corrected chi connectivity index (χ4v) is 4.91. The van der Waals surface area contributed by atoms with Crippen LogP contribution >= 0.6 is 22.7 Å². The molecule has 0 aromatic carbocycles. The summed E-state index contributed by atoms with van der Waals surface area (Å²) in [5, 5.41) is 10.7. The van der Waals surface area contributed by atoms with Crippen molar-refractivity contribution in [3.8, 4) is 10.7 Å². The smallest absolute Gasteiger partial charge is 0.350 e. The zero-order valence-electron chi connectivity index (χ0n) is 15.9. The van der Waals surface area contributed by atoms with Gasteiger partial charge in [0.2, 0.25) is 5.78 Å². The molecule has 0 saturated heterocycles. The van der Waals surface area contributed by atoms with E-state index < -0.39 is 5.97 Å². The Kier molecular flexibility index (Phi) is 4.40. The van der Waals surface area contributed by atoms with Crippen LogP contribution in [0.3, 0.4) is 0 Å². The van der Waals surface area contributed by atoms with E-state index in [1.807, 2.05) is 29.6 Å². The number of pyridine rings is 1. The van der Waals surface area contributed by atoms with Gasteiger partial charge in [0.15, 0.2) is 12.4 Å². The van der Waals surface area contributed by atoms with Crippen molar-refractivity contribution >= 4 is 44.6 Å². The molecule has 9 nitrogen and oxygen atoms in total. The molecule has 5 aromatic rings.